The maximum atomic E-state index is 13.9. The maximum Gasteiger partial charge on any atom is 0.306 e. The molecule has 0 saturated carbocycles. The quantitative estimate of drug-likeness (QED) is 0.584. The number of rotatable bonds is 5. The highest BCUT2D eigenvalue weighted by molar-refractivity contribution is 6.01. The first-order valence-corrected chi connectivity index (χ1v) is 11.5. The van der Waals surface area contributed by atoms with Gasteiger partial charge in [-0.2, -0.15) is 0 Å². The van der Waals surface area contributed by atoms with Gasteiger partial charge in [-0.25, -0.2) is 0 Å². The van der Waals surface area contributed by atoms with Crippen molar-refractivity contribution < 1.29 is 24.2 Å². The van der Waals surface area contributed by atoms with Gasteiger partial charge in [0.25, 0.3) is 5.91 Å². The van der Waals surface area contributed by atoms with E-state index in [1.165, 1.54) is 0 Å². The summed E-state index contributed by atoms with van der Waals surface area (Å²) in [4.78, 5) is 27.5. The number of hydrogen-bond donors (Lipinski definition) is 1. The summed E-state index contributed by atoms with van der Waals surface area (Å²) in [6, 6.07) is 21.5. The summed E-state index contributed by atoms with van der Waals surface area (Å²) in [7, 11) is 1.60. The fraction of sp³-hybridized carbons (Fsp3) is 0.286. The Balaban J connectivity index is 1.73. The van der Waals surface area contributed by atoms with Gasteiger partial charge in [0.05, 0.1) is 25.3 Å². The van der Waals surface area contributed by atoms with Crippen LogP contribution in [0.1, 0.15) is 52.8 Å². The Kier molecular flexibility index (Phi) is 5.84. The van der Waals surface area contributed by atoms with Gasteiger partial charge in [0.2, 0.25) is 0 Å². The maximum absolute atomic E-state index is 13.9. The van der Waals surface area contributed by atoms with Gasteiger partial charge in [-0.15, -0.1) is 0 Å². The van der Waals surface area contributed by atoms with Gasteiger partial charge in [-0.3, -0.25) is 9.59 Å². The second kappa shape index (κ2) is 8.95. The molecule has 34 heavy (non-hydrogen) atoms. The van der Waals surface area contributed by atoms with E-state index in [1.807, 2.05) is 61.5 Å². The van der Waals surface area contributed by atoms with Gasteiger partial charge < -0.3 is 19.5 Å². The van der Waals surface area contributed by atoms with Crippen molar-refractivity contribution >= 4 is 17.6 Å². The molecule has 2 aliphatic rings. The molecule has 5 rings (SSSR count). The van der Waals surface area contributed by atoms with Crippen molar-refractivity contribution in [3.8, 4) is 5.75 Å². The lowest BCUT2D eigenvalue weighted by molar-refractivity contribution is -0.147. The number of nitrogens with zero attached hydrogens (tertiary/aromatic N) is 1. The summed E-state index contributed by atoms with van der Waals surface area (Å²) in [6.07, 6.45) is -0.536. The fourth-order valence-electron chi connectivity index (χ4n) is 5.21. The van der Waals surface area contributed by atoms with Crippen LogP contribution in [0.3, 0.4) is 0 Å². The molecule has 174 valence electrons. The number of benzene rings is 3. The highest BCUT2D eigenvalue weighted by Gasteiger charge is 2.43. The van der Waals surface area contributed by atoms with E-state index in [9.17, 15) is 14.7 Å². The Morgan fingerprint density at radius 3 is 2.59 bits per heavy atom. The molecule has 0 spiro atoms. The summed E-state index contributed by atoms with van der Waals surface area (Å²) in [6.45, 7) is 2.04. The van der Waals surface area contributed by atoms with Gasteiger partial charge >= 0.3 is 5.97 Å². The summed E-state index contributed by atoms with van der Waals surface area (Å²) in [5, 5.41) is 9.62. The number of ether oxygens (including phenoxy) is 2. The Labute approximate surface area is 198 Å². The first-order valence-electron chi connectivity index (χ1n) is 11.5. The van der Waals surface area contributed by atoms with E-state index in [4.69, 9.17) is 9.47 Å². The van der Waals surface area contributed by atoms with Crippen molar-refractivity contribution in [2.45, 2.75) is 44.4 Å². The minimum atomic E-state index is -1.11. The number of hydrogen-bond acceptors (Lipinski definition) is 4. The standard InChI is InChI=1S/C28H27NO5/c1-17-13-19-11-12-23(18-7-4-3-5-8-18)29-26(19)22(14-17)27(20-9-6-10-21(15-20)33-2)34-24(28(29)32)16-25(30)31/h3-10,13-15,23-24,27H,11-12,16H2,1-2H3,(H,30,31)/t23-,24+,27+/m0/s1. The number of aryl methyl sites for hydroxylation is 2. The highest BCUT2D eigenvalue weighted by atomic mass is 16.5. The van der Waals surface area contributed by atoms with Crippen LogP contribution in [0.25, 0.3) is 0 Å². The number of carbonyl (C=O) groups excluding carboxylic acids is 1. The van der Waals surface area contributed by atoms with E-state index in [2.05, 4.69) is 12.1 Å². The third kappa shape index (κ3) is 3.94. The Bertz CT molecular complexity index is 1240. The van der Waals surface area contributed by atoms with Crippen LogP contribution in [0.15, 0.2) is 66.7 Å². The van der Waals surface area contributed by atoms with Crippen LogP contribution in [-0.2, 0) is 20.7 Å². The number of carboxylic acid groups (broad SMARTS) is 1. The monoisotopic (exact) mass is 457 g/mol. The zero-order valence-corrected chi connectivity index (χ0v) is 19.2. The summed E-state index contributed by atoms with van der Waals surface area (Å²) < 4.78 is 11.8. The summed E-state index contributed by atoms with van der Waals surface area (Å²) >= 11 is 0. The molecule has 0 saturated heterocycles. The van der Waals surface area contributed by atoms with Crippen molar-refractivity contribution in [1.82, 2.24) is 0 Å². The van der Waals surface area contributed by atoms with E-state index in [1.54, 1.807) is 12.0 Å². The minimum absolute atomic E-state index is 0.188. The highest BCUT2D eigenvalue weighted by Crippen LogP contribution is 2.48. The van der Waals surface area contributed by atoms with Crippen molar-refractivity contribution in [3.05, 3.63) is 94.5 Å². The molecule has 0 aliphatic carbocycles. The van der Waals surface area contributed by atoms with Gasteiger partial charge in [0.1, 0.15) is 18.0 Å². The molecule has 2 heterocycles. The number of methoxy groups -OCH3 is 1. The summed E-state index contributed by atoms with van der Waals surface area (Å²) in [5.41, 5.74) is 5.73. The van der Waals surface area contributed by atoms with Crippen LogP contribution in [0, 0.1) is 6.92 Å². The number of anilines is 1. The predicted octanol–water partition coefficient (Wildman–Crippen LogP) is 4.99. The van der Waals surface area contributed by atoms with E-state index < -0.39 is 24.6 Å². The van der Waals surface area contributed by atoms with Crippen LogP contribution in [0.5, 0.6) is 5.75 Å². The fourth-order valence-corrected chi connectivity index (χ4v) is 5.21. The van der Waals surface area contributed by atoms with Gasteiger partial charge in [-0.05, 0) is 48.6 Å². The smallest absolute Gasteiger partial charge is 0.306 e. The Hall–Kier alpha value is -3.64. The summed E-state index contributed by atoms with van der Waals surface area (Å²) in [5.74, 6) is -0.710. The molecule has 1 N–H and O–H groups in total. The molecule has 0 unspecified atom stereocenters. The van der Waals surface area contributed by atoms with Gasteiger partial charge in [0, 0.05) is 5.56 Å². The topological polar surface area (TPSA) is 76.1 Å². The van der Waals surface area contributed by atoms with Crippen LogP contribution in [-0.4, -0.2) is 30.2 Å². The lowest BCUT2D eigenvalue weighted by Crippen LogP contribution is -2.44. The second-order valence-electron chi connectivity index (χ2n) is 8.91. The molecule has 0 radical (unpaired) electrons. The van der Waals surface area contributed by atoms with Gasteiger partial charge in [0.15, 0.2) is 0 Å². The lowest BCUT2D eigenvalue weighted by Gasteiger charge is -2.39. The van der Waals surface area contributed by atoms with Crippen molar-refractivity contribution in [2.24, 2.45) is 0 Å². The van der Waals surface area contributed by atoms with E-state index >= 15 is 0 Å². The largest absolute Gasteiger partial charge is 0.497 e. The van der Waals surface area contributed by atoms with Gasteiger partial charge in [-0.1, -0.05) is 60.2 Å². The molecule has 3 atom stereocenters. The van der Waals surface area contributed by atoms with Crippen LogP contribution < -0.4 is 9.64 Å². The lowest BCUT2D eigenvalue weighted by atomic mass is 9.86. The first-order chi connectivity index (χ1) is 16.5. The number of amides is 1. The third-order valence-electron chi connectivity index (χ3n) is 6.64. The molecular weight excluding hydrogens is 430 g/mol. The number of carbonyl (C=O) groups is 2. The molecular formula is C28H27NO5. The zero-order chi connectivity index (χ0) is 23.8. The van der Waals surface area contributed by atoms with Crippen LogP contribution >= 0.6 is 0 Å². The predicted molar refractivity (Wildman–Crippen MR) is 128 cm³/mol. The zero-order valence-electron chi connectivity index (χ0n) is 19.2. The molecule has 2 aliphatic heterocycles. The average Bonchev–Trinajstić information content (AvgIpc) is 2.96. The van der Waals surface area contributed by atoms with Crippen LogP contribution in [0.2, 0.25) is 0 Å². The molecule has 1 amide bonds. The average molecular weight is 458 g/mol. The van der Waals surface area contributed by atoms with Crippen molar-refractivity contribution in [2.75, 3.05) is 12.0 Å². The van der Waals surface area contributed by atoms with E-state index in [-0.39, 0.29) is 11.9 Å². The third-order valence-corrected chi connectivity index (χ3v) is 6.64. The number of aliphatic carboxylic acids is 1. The second-order valence-corrected chi connectivity index (χ2v) is 8.91. The molecule has 0 aromatic heterocycles. The van der Waals surface area contributed by atoms with Crippen molar-refractivity contribution in [3.63, 3.8) is 0 Å². The molecule has 0 fully saturated rings. The minimum Gasteiger partial charge on any atom is -0.497 e. The molecule has 3 aromatic rings. The number of carboxylic acids is 1. The molecule has 0 bridgehead atoms. The molecule has 6 heteroatoms. The van der Waals surface area contributed by atoms with E-state index in [0.29, 0.717) is 5.75 Å². The van der Waals surface area contributed by atoms with Crippen molar-refractivity contribution in [1.29, 1.82) is 0 Å². The Morgan fingerprint density at radius 2 is 1.85 bits per heavy atom. The SMILES string of the molecule is COc1cccc([C@H]2O[C@H](CC(=O)O)C(=O)N3c4c(cc(C)cc42)CC[C@H]3c2ccccc2)c1. The van der Waals surface area contributed by atoms with E-state index in [0.717, 1.165) is 46.3 Å². The molecule has 3 aromatic carbocycles. The normalized spacial score (nSPS) is 21.5. The van der Waals surface area contributed by atoms with Crippen LogP contribution in [0.4, 0.5) is 5.69 Å². The first kappa shape index (κ1) is 22.2. The Morgan fingerprint density at radius 1 is 1.09 bits per heavy atom. The molecule has 6 nitrogen and oxygen atoms in total.